The minimum Gasteiger partial charge on any atom is -0.390 e. The number of hydrogen-bond donors (Lipinski definition) is 1. The molecule has 1 aromatic heterocycles. The van der Waals surface area contributed by atoms with Crippen molar-refractivity contribution in [3.05, 3.63) is 59.4 Å². The number of anilines is 1. The van der Waals surface area contributed by atoms with E-state index < -0.39 is 0 Å². The van der Waals surface area contributed by atoms with E-state index in [0.29, 0.717) is 13.1 Å². The Morgan fingerprint density at radius 1 is 1.04 bits per heavy atom. The lowest BCUT2D eigenvalue weighted by Gasteiger charge is -2.24. The first-order valence-corrected chi connectivity index (χ1v) is 8.25. The van der Waals surface area contributed by atoms with Gasteiger partial charge in [-0.3, -0.25) is 9.88 Å². The van der Waals surface area contributed by atoms with E-state index in [1.54, 1.807) is 0 Å². The average molecular weight is 311 g/mol. The Kier molecular flexibility index (Phi) is 4.94. The number of aliphatic hydroxyl groups is 1. The molecule has 0 bridgehead atoms. The van der Waals surface area contributed by atoms with Crippen LogP contribution in [0.4, 0.5) is 5.69 Å². The third-order valence-corrected chi connectivity index (χ3v) is 4.27. The summed E-state index contributed by atoms with van der Waals surface area (Å²) in [7, 11) is 0. The molecule has 0 saturated carbocycles. The zero-order valence-electron chi connectivity index (χ0n) is 13.9. The summed E-state index contributed by atoms with van der Waals surface area (Å²) in [5.74, 6) is 0. The van der Waals surface area contributed by atoms with Crippen LogP contribution in [0.5, 0.6) is 0 Å². The molecular weight excluding hydrogens is 286 g/mol. The summed E-state index contributed by atoms with van der Waals surface area (Å²) < 4.78 is 0. The predicted molar refractivity (Wildman–Crippen MR) is 93.6 cm³/mol. The van der Waals surface area contributed by atoms with Crippen LogP contribution in [0.2, 0.25) is 0 Å². The molecule has 1 aliphatic heterocycles. The third kappa shape index (κ3) is 4.30. The molecule has 1 atom stereocenters. The predicted octanol–water partition coefficient (Wildman–Crippen LogP) is 2.38. The molecule has 4 nitrogen and oxygen atoms in total. The SMILES string of the molecule is Cc1cc(N2CCN(Cc3ccccc3)CC(O)C2)cc(C)n1. The summed E-state index contributed by atoms with van der Waals surface area (Å²) in [5, 5.41) is 10.4. The van der Waals surface area contributed by atoms with E-state index in [4.69, 9.17) is 0 Å². The number of pyridine rings is 1. The maximum atomic E-state index is 10.4. The van der Waals surface area contributed by atoms with Gasteiger partial charge in [-0.1, -0.05) is 30.3 Å². The molecule has 0 radical (unpaired) electrons. The zero-order chi connectivity index (χ0) is 16.2. The lowest BCUT2D eigenvalue weighted by Crippen LogP contribution is -2.33. The van der Waals surface area contributed by atoms with Crippen LogP contribution in [-0.2, 0) is 6.54 Å². The quantitative estimate of drug-likeness (QED) is 0.945. The van der Waals surface area contributed by atoms with Crippen molar-refractivity contribution in [2.24, 2.45) is 0 Å². The van der Waals surface area contributed by atoms with Gasteiger partial charge in [-0.25, -0.2) is 0 Å². The van der Waals surface area contributed by atoms with Crippen LogP contribution in [-0.4, -0.2) is 47.3 Å². The van der Waals surface area contributed by atoms with Crippen LogP contribution in [0.1, 0.15) is 17.0 Å². The molecule has 1 saturated heterocycles. The van der Waals surface area contributed by atoms with Gasteiger partial charge in [0.2, 0.25) is 0 Å². The number of nitrogens with zero attached hydrogens (tertiary/aromatic N) is 3. The van der Waals surface area contributed by atoms with Gasteiger partial charge < -0.3 is 10.0 Å². The van der Waals surface area contributed by atoms with Crippen LogP contribution >= 0.6 is 0 Å². The van der Waals surface area contributed by atoms with Crippen molar-refractivity contribution in [2.45, 2.75) is 26.5 Å². The van der Waals surface area contributed by atoms with Crippen LogP contribution < -0.4 is 4.90 Å². The van der Waals surface area contributed by atoms with Crippen molar-refractivity contribution < 1.29 is 5.11 Å². The van der Waals surface area contributed by atoms with E-state index in [-0.39, 0.29) is 6.10 Å². The molecule has 0 spiro atoms. The Hall–Kier alpha value is -1.91. The van der Waals surface area contributed by atoms with Gasteiger partial charge in [-0.2, -0.15) is 0 Å². The molecule has 2 aromatic rings. The van der Waals surface area contributed by atoms with Crippen molar-refractivity contribution in [2.75, 3.05) is 31.1 Å². The Labute approximate surface area is 138 Å². The van der Waals surface area contributed by atoms with Crippen molar-refractivity contribution in [1.82, 2.24) is 9.88 Å². The first-order chi connectivity index (χ1) is 11.1. The molecule has 1 N–H and O–H groups in total. The zero-order valence-corrected chi connectivity index (χ0v) is 13.9. The van der Waals surface area contributed by atoms with Gasteiger partial charge >= 0.3 is 0 Å². The van der Waals surface area contributed by atoms with Crippen LogP contribution in [0.3, 0.4) is 0 Å². The van der Waals surface area contributed by atoms with Gasteiger partial charge in [0.05, 0.1) is 6.10 Å². The van der Waals surface area contributed by atoms with Crippen LogP contribution in [0.25, 0.3) is 0 Å². The van der Waals surface area contributed by atoms with E-state index in [1.807, 2.05) is 19.9 Å². The Morgan fingerprint density at radius 2 is 1.74 bits per heavy atom. The van der Waals surface area contributed by atoms with E-state index in [0.717, 1.165) is 36.7 Å². The third-order valence-electron chi connectivity index (χ3n) is 4.27. The minimum absolute atomic E-state index is 0.338. The molecule has 3 rings (SSSR count). The van der Waals surface area contributed by atoms with Gasteiger partial charge in [0.1, 0.15) is 0 Å². The number of aromatic nitrogens is 1. The summed E-state index contributed by atoms with van der Waals surface area (Å²) >= 11 is 0. The number of benzene rings is 1. The van der Waals surface area contributed by atoms with Crippen molar-refractivity contribution in [3.8, 4) is 0 Å². The highest BCUT2D eigenvalue weighted by Crippen LogP contribution is 2.19. The topological polar surface area (TPSA) is 39.6 Å². The molecule has 4 heteroatoms. The van der Waals surface area contributed by atoms with E-state index >= 15 is 0 Å². The lowest BCUT2D eigenvalue weighted by atomic mass is 10.2. The molecule has 1 unspecified atom stereocenters. The van der Waals surface area contributed by atoms with Crippen molar-refractivity contribution >= 4 is 5.69 Å². The number of hydrogen-bond acceptors (Lipinski definition) is 4. The summed E-state index contributed by atoms with van der Waals surface area (Å²) in [6.07, 6.45) is -0.338. The largest absolute Gasteiger partial charge is 0.390 e. The Morgan fingerprint density at radius 3 is 2.43 bits per heavy atom. The number of β-amino-alcohol motifs (C(OH)–C–C–N with tert-alkyl or cyclic N) is 1. The number of aryl methyl sites for hydroxylation is 2. The molecule has 122 valence electrons. The monoisotopic (exact) mass is 311 g/mol. The first kappa shape index (κ1) is 16.0. The van der Waals surface area contributed by atoms with Crippen molar-refractivity contribution in [1.29, 1.82) is 0 Å². The van der Waals surface area contributed by atoms with Gasteiger partial charge in [-0.15, -0.1) is 0 Å². The molecule has 0 aliphatic carbocycles. The van der Waals surface area contributed by atoms with Gasteiger partial charge in [0.15, 0.2) is 0 Å². The van der Waals surface area contributed by atoms with E-state index in [1.165, 1.54) is 5.56 Å². The Bertz CT molecular complexity index is 624. The molecule has 1 aliphatic rings. The second-order valence-electron chi connectivity index (χ2n) is 6.43. The highest BCUT2D eigenvalue weighted by molar-refractivity contribution is 5.48. The average Bonchev–Trinajstić information content (AvgIpc) is 2.69. The molecular formula is C19H25N3O. The summed E-state index contributed by atoms with van der Waals surface area (Å²) in [6, 6.07) is 14.7. The second kappa shape index (κ2) is 7.11. The fourth-order valence-corrected chi connectivity index (χ4v) is 3.27. The van der Waals surface area contributed by atoms with Crippen molar-refractivity contribution in [3.63, 3.8) is 0 Å². The lowest BCUT2D eigenvalue weighted by molar-refractivity contribution is 0.129. The van der Waals surface area contributed by atoms with Crippen LogP contribution in [0.15, 0.2) is 42.5 Å². The molecule has 1 fully saturated rings. The van der Waals surface area contributed by atoms with Gasteiger partial charge in [0.25, 0.3) is 0 Å². The fourth-order valence-electron chi connectivity index (χ4n) is 3.27. The maximum Gasteiger partial charge on any atom is 0.0841 e. The summed E-state index contributed by atoms with van der Waals surface area (Å²) in [4.78, 5) is 9.05. The first-order valence-electron chi connectivity index (χ1n) is 8.25. The maximum absolute atomic E-state index is 10.4. The molecule has 1 aromatic carbocycles. The minimum atomic E-state index is -0.338. The molecule has 2 heterocycles. The second-order valence-corrected chi connectivity index (χ2v) is 6.43. The highest BCUT2D eigenvalue weighted by Gasteiger charge is 2.21. The molecule has 0 amide bonds. The Balaban J connectivity index is 1.70. The standard InChI is InChI=1S/C19H25N3O/c1-15-10-18(11-16(2)20-15)22-9-8-21(13-19(23)14-22)12-17-6-4-3-5-7-17/h3-7,10-11,19,23H,8-9,12-14H2,1-2H3. The smallest absolute Gasteiger partial charge is 0.0841 e. The highest BCUT2D eigenvalue weighted by atomic mass is 16.3. The van der Waals surface area contributed by atoms with Gasteiger partial charge in [-0.05, 0) is 31.5 Å². The summed E-state index contributed by atoms with van der Waals surface area (Å²) in [6.45, 7) is 8.20. The number of rotatable bonds is 3. The number of aliphatic hydroxyl groups excluding tert-OH is 1. The van der Waals surface area contributed by atoms with Crippen LogP contribution in [0, 0.1) is 13.8 Å². The molecule has 23 heavy (non-hydrogen) atoms. The van der Waals surface area contributed by atoms with Gasteiger partial charge in [0, 0.05) is 49.8 Å². The summed E-state index contributed by atoms with van der Waals surface area (Å²) in [5.41, 5.74) is 4.51. The van der Waals surface area contributed by atoms with E-state index in [9.17, 15) is 5.11 Å². The normalized spacial score (nSPS) is 19.6. The fraction of sp³-hybridized carbons (Fsp3) is 0.421. The van der Waals surface area contributed by atoms with E-state index in [2.05, 4.69) is 51.2 Å².